The molecule has 0 saturated carbocycles. The van der Waals surface area contributed by atoms with E-state index in [2.05, 4.69) is 13.5 Å². The summed E-state index contributed by atoms with van der Waals surface area (Å²) in [4.78, 5) is 0. The fraction of sp³-hybridized carbons (Fsp3) is 0.385. The van der Waals surface area contributed by atoms with Crippen LogP contribution in [-0.2, 0) is 6.42 Å². The highest BCUT2D eigenvalue weighted by atomic mass is 16.3. The molecule has 1 aromatic carbocycles. The number of allylic oxidation sites excluding steroid dienone is 1. The van der Waals surface area contributed by atoms with Gasteiger partial charge in [0.1, 0.15) is 0 Å². The number of rotatable bonds is 5. The molecule has 0 amide bonds. The highest BCUT2D eigenvalue weighted by Crippen LogP contribution is 2.11. The van der Waals surface area contributed by atoms with Crippen LogP contribution in [0, 0.1) is 5.92 Å². The zero-order chi connectivity index (χ0) is 10.4. The maximum Gasteiger partial charge on any atom is 0.0586 e. The molecule has 2 atom stereocenters. The third kappa shape index (κ3) is 3.75. The predicted octanol–water partition coefficient (Wildman–Crippen LogP) is 2.80. The van der Waals surface area contributed by atoms with Crippen LogP contribution in [-0.4, -0.2) is 11.2 Å². The van der Waals surface area contributed by atoms with Crippen LogP contribution in [0.5, 0.6) is 0 Å². The molecule has 0 aliphatic carbocycles. The van der Waals surface area contributed by atoms with Gasteiger partial charge in [0.15, 0.2) is 0 Å². The molecule has 0 aromatic heterocycles. The van der Waals surface area contributed by atoms with E-state index in [0.29, 0.717) is 5.92 Å². The van der Waals surface area contributed by atoms with Gasteiger partial charge < -0.3 is 5.11 Å². The Bertz CT molecular complexity index is 266. The van der Waals surface area contributed by atoms with Gasteiger partial charge in [0.05, 0.1) is 6.10 Å². The fourth-order valence-corrected chi connectivity index (χ4v) is 1.49. The van der Waals surface area contributed by atoms with E-state index in [1.165, 1.54) is 5.56 Å². The first-order valence-corrected chi connectivity index (χ1v) is 5.07. The van der Waals surface area contributed by atoms with Gasteiger partial charge in [0.2, 0.25) is 0 Å². The molecule has 0 radical (unpaired) electrons. The molecule has 1 heteroatoms. The molecule has 0 aliphatic heterocycles. The number of aliphatic hydroxyl groups excluding tert-OH is 1. The lowest BCUT2D eigenvalue weighted by Gasteiger charge is -2.13. The topological polar surface area (TPSA) is 20.2 Å². The average Bonchev–Trinajstić information content (AvgIpc) is 2.19. The highest BCUT2D eigenvalue weighted by molar-refractivity contribution is 5.15. The Balaban J connectivity index is 2.41. The summed E-state index contributed by atoms with van der Waals surface area (Å²) >= 11 is 0. The molecule has 0 heterocycles. The minimum Gasteiger partial charge on any atom is -0.393 e. The Morgan fingerprint density at radius 3 is 2.57 bits per heavy atom. The first-order chi connectivity index (χ1) is 6.72. The van der Waals surface area contributed by atoms with Crippen molar-refractivity contribution in [3.05, 3.63) is 48.6 Å². The van der Waals surface area contributed by atoms with Crippen molar-refractivity contribution in [2.24, 2.45) is 5.92 Å². The van der Waals surface area contributed by atoms with Crippen molar-refractivity contribution in [2.75, 3.05) is 0 Å². The molecule has 76 valence electrons. The Kier molecular flexibility index (Phi) is 4.41. The van der Waals surface area contributed by atoms with Gasteiger partial charge in [-0.15, -0.1) is 6.58 Å². The number of hydrogen-bond acceptors (Lipinski definition) is 1. The van der Waals surface area contributed by atoms with Gasteiger partial charge >= 0.3 is 0 Å². The quantitative estimate of drug-likeness (QED) is 0.708. The molecule has 0 fully saturated rings. The van der Waals surface area contributed by atoms with Gasteiger partial charge in [-0.1, -0.05) is 43.3 Å². The van der Waals surface area contributed by atoms with Crippen LogP contribution in [0.4, 0.5) is 0 Å². The van der Waals surface area contributed by atoms with Crippen LogP contribution >= 0.6 is 0 Å². The molecule has 0 aliphatic rings. The van der Waals surface area contributed by atoms with Crippen molar-refractivity contribution in [3.63, 3.8) is 0 Å². The summed E-state index contributed by atoms with van der Waals surface area (Å²) in [5.41, 5.74) is 1.19. The van der Waals surface area contributed by atoms with Gasteiger partial charge in [-0.05, 0) is 24.3 Å². The van der Waals surface area contributed by atoms with Crippen LogP contribution in [0.1, 0.15) is 18.9 Å². The summed E-state index contributed by atoms with van der Waals surface area (Å²) in [5.74, 6) is 0.383. The third-order valence-corrected chi connectivity index (χ3v) is 2.36. The highest BCUT2D eigenvalue weighted by Gasteiger charge is 2.08. The standard InChI is InChI=1S/C13H18O/c1-3-11(2)9-13(14)10-12-7-5-4-6-8-12/h3-8,11,13-14H,1,9-10H2,2H3/t11-,13+/m1/s1. The van der Waals surface area contributed by atoms with Crippen molar-refractivity contribution in [3.8, 4) is 0 Å². The van der Waals surface area contributed by atoms with Crippen LogP contribution in [0.15, 0.2) is 43.0 Å². The van der Waals surface area contributed by atoms with E-state index in [9.17, 15) is 5.11 Å². The Labute approximate surface area is 86.1 Å². The van der Waals surface area contributed by atoms with Gasteiger partial charge in [0, 0.05) is 0 Å². The number of benzene rings is 1. The lowest BCUT2D eigenvalue weighted by atomic mass is 9.99. The molecule has 0 bridgehead atoms. The lowest BCUT2D eigenvalue weighted by Crippen LogP contribution is -2.13. The monoisotopic (exact) mass is 190 g/mol. The normalized spacial score (nSPS) is 14.7. The molecule has 14 heavy (non-hydrogen) atoms. The minimum absolute atomic E-state index is 0.259. The summed E-state index contributed by atoms with van der Waals surface area (Å²) < 4.78 is 0. The summed E-state index contributed by atoms with van der Waals surface area (Å²) in [5, 5.41) is 9.76. The summed E-state index contributed by atoms with van der Waals surface area (Å²) in [6, 6.07) is 10.1. The van der Waals surface area contributed by atoms with Gasteiger partial charge in [-0.3, -0.25) is 0 Å². The van der Waals surface area contributed by atoms with E-state index in [4.69, 9.17) is 0 Å². The van der Waals surface area contributed by atoms with E-state index >= 15 is 0 Å². The SMILES string of the molecule is C=C[C@@H](C)C[C@H](O)Cc1ccccc1. The molecular weight excluding hydrogens is 172 g/mol. The fourth-order valence-electron chi connectivity index (χ4n) is 1.49. The van der Waals surface area contributed by atoms with E-state index in [0.717, 1.165) is 12.8 Å². The summed E-state index contributed by atoms with van der Waals surface area (Å²) in [6.45, 7) is 5.78. The molecule has 1 N–H and O–H groups in total. The third-order valence-electron chi connectivity index (χ3n) is 2.36. The number of aliphatic hydroxyl groups is 1. The molecule has 1 nitrogen and oxygen atoms in total. The van der Waals surface area contributed by atoms with Crippen LogP contribution < -0.4 is 0 Å². The largest absolute Gasteiger partial charge is 0.393 e. The Morgan fingerprint density at radius 1 is 1.36 bits per heavy atom. The van der Waals surface area contributed by atoms with Crippen molar-refractivity contribution < 1.29 is 5.11 Å². The second-order valence-corrected chi connectivity index (χ2v) is 3.79. The summed E-state index contributed by atoms with van der Waals surface area (Å²) in [6.07, 6.45) is 3.15. The van der Waals surface area contributed by atoms with Crippen molar-refractivity contribution in [1.82, 2.24) is 0 Å². The minimum atomic E-state index is -0.259. The van der Waals surface area contributed by atoms with E-state index < -0.39 is 0 Å². The molecule has 0 unspecified atom stereocenters. The van der Waals surface area contributed by atoms with Gasteiger partial charge in [-0.2, -0.15) is 0 Å². The number of hydrogen-bond donors (Lipinski definition) is 1. The molecule has 0 spiro atoms. The van der Waals surface area contributed by atoms with Gasteiger partial charge in [0.25, 0.3) is 0 Å². The second-order valence-electron chi connectivity index (χ2n) is 3.79. The zero-order valence-corrected chi connectivity index (χ0v) is 8.69. The lowest BCUT2D eigenvalue weighted by molar-refractivity contribution is 0.153. The Hall–Kier alpha value is -1.08. The molecule has 1 aromatic rings. The maximum absolute atomic E-state index is 9.76. The van der Waals surface area contributed by atoms with Crippen molar-refractivity contribution >= 4 is 0 Å². The first-order valence-electron chi connectivity index (χ1n) is 5.07. The maximum atomic E-state index is 9.76. The van der Waals surface area contributed by atoms with E-state index in [-0.39, 0.29) is 6.10 Å². The van der Waals surface area contributed by atoms with Crippen LogP contribution in [0.3, 0.4) is 0 Å². The molecule has 1 rings (SSSR count). The zero-order valence-electron chi connectivity index (χ0n) is 8.69. The van der Waals surface area contributed by atoms with Crippen LogP contribution in [0.2, 0.25) is 0 Å². The molecular formula is C13H18O. The van der Waals surface area contributed by atoms with E-state index in [1.54, 1.807) is 0 Å². The molecule has 0 saturated heterocycles. The second kappa shape index (κ2) is 5.61. The predicted molar refractivity (Wildman–Crippen MR) is 60.1 cm³/mol. The Morgan fingerprint density at radius 2 is 2.00 bits per heavy atom. The first kappa shape index (κ1) is 11.0. The smallest absolute Gasteiger partial charge is 0.0586 e. The van der Waals surface area contributed by atoms with Crippen LogP contribution in [0.25, 0.3) is 0 Å². The van der Waals surface area contributed by atoms with Crippen molar-refractivity contribution in [2.45, 2.75) is 25.9 Å². The van der Waals surface area contributed by atoms with Gasteiger partial charge in [-0.25, -0.2) is 0 Å². The average molecular weight is 190 g/mol. The summed E-state index contributed by atoms with van der Waals surface area (Å²) in [7, 11) is 0. The van der Waals surface area contributed by atoms with Crippen molar-refractivity contribution in [1.29, 1.82) is 0 Å². The van der Waals surface area contributed by atoms with E-state index in [1.807, 2.05) is 36.4 Å².